The summed E-state index contributed by atoms with van der Waals surface area (Å²) in [5.41, 5.74) is 2.11. The van der Waals surface area contributed by atoms with Gasteiger partial charge in [-0.3, -0.25) is 5.10 Å². The van der Waals surface area contributed by atoms with Crippen LogP contribution in [0, 0.1) is 0 Å². The predicted octanol–water partition coefficient (Wildman–Crippen LogP) is 4.34. The molecule has 30 heavy (non-hydrogen) atoms. The fraction of sp³-hybridized carbons (Fsp3) is 0.250. The molecule has 0 amide bonds. The predicted molar refractivity (Wildman–Crippen MR) is 111 cm³/mol. The smallest absolute Gasteiger partial charge is 0.358 e. The fourth-order valence-corrected chi connectivity index (χ4v) is 3.83. The van der Waals surface area contributed by atoms with Crippen molar-refractivity contribution < 1.29 is 13.2 Å². The zero-order chi connectivity index (χ0) is 21.1. The first kappa shape index (κ1) is 20.3. The highest BCUT2D eigenvalue weighted by molar-refractivity contribution is 7.18. The summed E-state index contributed by atoms with van der Waals surface area (Å²) in [6.07, 6.45) is -1.97. The van der Waals surface area contributed by atoms with Gasteiger partial charge in [0.2, 0.25) is 5.13 Å². The Morgan fingerprint density at radius 1 is 1.10 bits per heavy atom. The Labute approximate surface area is 174 Å². The van der Waals surface area contributed by atoms with Gasteiger partial charge in [-0.25, -0.2) is 0 Å². The van der Waals surface area contributed by atoms with Gasteiger partial charge >= 0.3 is 6.18 Å². The number of anilines is 1. The minimum absolute atomic E-state index is 0.0244. The molecule has 0 fully saturated rings. The average Bonchev–Trinajstić information content (AvgIpc) is 3.39. The maximum absolute atomic E-state index is 12.7. The largest absolute Gasteiger partial charge is 0.416 e. The Balaban J connectivity index is 1.37. The van der Waals surface area contributed by atoms with Gasteiger partial charge in [-0.05, 0) is 49.4 Å². The van der Waals surface area contributed by atoms with Crippen LogP contribution in [0.5, 0.6) is 0 Å². The number of nitrogens with one attached hydrogen (secondary N) is 3. The molecule has 0 spiro atoms. The van der Waals surface area contributed by atoms with Crippen molar-refractivity contribution in [2.24, 2.45) is 0 Å². The lowest BCUT2D eigenvalue weighted by Crippen LogP contribution is -2.34. The number of benzene rings is 2. The van der Waals surface area contributed by atoms with E-state index in [-0.39, 0.29) is 6.04 Å². The molecule has 0 aliphatic rings. The Morgan fingerprint density at radius 3 is 2.63 bits per heavy atom. The van der Waals surface area contributed by atoms with E-state index in [2.05, 4.69) is 31.0 Å². The topological polar surface area (TPSA) is 78.5 Å². The van der Waals surface area contributed by atoms with Gasteiger partial charge in [0, 0.05) is 23.5 Å². The number of rotatable bonds is 7. The van der Waals surface area contributed by atoms with Crippen molar-refractivity contribution in [1.29, 1.82) is 0 Å². The molecular weight excluding hydrogens is 413 g/mol. The fourth-order valence-electron chi connectivity index (χ4n) is 3.09. The lowest BCUT2D eigenvalue weighted by Gasteiger charge is -2.17. The standard InChI is InChI=1S/C20H19F3N6S/c1-24-16(8-12-2-5-15(6-3-12)20(21,22)23)11-25-19-29-28-18(30-19)13-4-7-17-14(9-13)10-26-27-17/h2-7,9-10,16,24H,8,11H2,1H3,(H,25,29)(H,26,27)/t16-/m1/s1. The molecule has 2 heterocycles. The summed E-state index contributed by atoms with van der Waals surface area (Å²) in [6, 6.07) is 11.2. The maximum atomic E-state index is 12.7. The van der Waals surface area contributed by atoms with E-state index in [1.807, 2.05) is 25.2 Å². The third kappa shape index (κ3) is 4.60. The lowest BCUT2D eigenvalue weighted by atomic mass is 10.0. The number of likely N-dealkylation sites (N-methyl/N-ethyl adjacent to an activating group) is 1. The van der Waals surface area contributed by atoms with E-state index >= 15 is 0 Å². The van der Waals surface area contributed by atoms with Gasteiger partial charge in [0.25, 0.3) is 0 Å². The van der Waals surface area contributed by atoms with Crippen molar-refractivity contribution in [3.8, 4) is 10.6 Å². The Hall–Kier alpha value is -2.98. The van der Waals surface area contributed by atoms with E-state index in [1.165, 1.54) is 23.5 Å². The first-order chi connectivity index (χ1) is 14.4. The Morgan fingerprint density at radius 2 is 1.90 bits per heavy atom. The van der Waals surface area contributed by atoms with Crippen molar-refractivity contribution in [2.45, 2.75) is 18.6 Å². The van der Waals surface area contributed by atoms with Crippen LogP contribution in [0.1, 0.15) is 11.1 Å². The molecule has 0 aliphatic carbocycles. The number of H-pyrrole nitrogens is 1. The van der Waals surface area contributed by atoms with Crippen molar-refractivity contribution >= 4 is 27.4 Å². The number of hydrogen-bond donors (Lipinski definition) is 3. The van der Waals surface area contributed by atoms with E-state index in [0.717, 1.165) is 39.2 Å². The second-order valence-corrected chi connectivity index (χ2v) is 7.83. The van der Waals surface area contributed by atoms with Crippen LogP contribution in [0.15, 0.2) is 48.7 Å². The zero-order valence-electron chi connectivity index (χ0n) is 16.0. The van der Waals surface area contributed by atoms with E-state index in [4.69, 9.17) is 0 Å². The second kappa shape index (κ2) is 8.41. The summed E-state index contributed by atoms with van der Waals surface area (Å²) in [6.45, 7) is 0.562. The number of hydrogen-bond acceptors (Lipinski definition) is 6. The molecule has 1 atom stereocenters. The van der Waals surface area contributed by atoms with Gasteiger partial charge in [0.05, 0.1) is 17.3 Å². The molecule has 0 bridgehead atoms. The number of aromatic nitrogens is 4. The Kier molecular flexibility index (Phi) is 5.69. The van der Waals surface area contributed by atoms with E-state index in [9.17, 15) is 13.2 Å². The van der Waals surface area contributed by atoms with Crippen molar-refractivity contribution in [3.63, 3.8) is 0 Å². The molecule has 156 valence electrons. The molecule has 4 rings (SSSR count). The molecule has 0 aliphatic heterocycles. The third-order valence-electron chi connectivity index (χ3n) is 4.78. The SMILES string of the molecule is CN[C@@H](CNc1nnc(-c2ccc3[nH]ncc3c2)s1)Cc1ccc(C(F)(F)F)cc1. The summed E-state index contributed by atoms with van der Waals surface area (Å²) in [5.74, 6) is 0. The van der Waals surface area contributed by atoms with Crippen LogP contribution >= 0.6 is 11.3 Å². The summed E-state index contributed by atoms with van der Waals surface area (Å²) in [7, 11) is 1.82. The molecule has 3 N–H and O–H groups in total. The van der Waals surface area contributed by atoms with Crippen molar-refractivity contribution in [2.75, 3.05) is 18.9 Å². The van der Waals surface area contributed by atoms with Gasteiger partial charge in [-0.1, -0.05) is 23.5 Å². The third-order valence-corrected chi connectivity index (χ3v) is 5.71. The number of halogens is 3. The van der Waals surface area contributed by atoms with Crippen LogP contribution in [0.25, 0.3) is 21.5 Å². The molecule has 0 radical (unpaired) electrons. The quantitative estimate of drug-likeness (QED) is 0.405. The van der Waals surface area contributed by atoms with Crippen LogP contribution in [-0.2, 0) is 12.6 Å². The van der Waals surface area contributed by atoms with Crippen molar-refractivity contribution in [1.82, 2.24) is 25.7 Å². The molecule has 2 aromatic heterocycles. The minimum Gasteiger partial charge on any atom is -0.358 e. The molecule has 4 aromatic rings. The first-order valence-electron chi connectivity index (χ1n) is 9.26. The average molecular weight is 432 g/mol. The van der Waals surface area contributed by atoms with Gasteiger partial charge < -0.3 is 10.6 Å². The summed E-state index contributed by atoms with van der Waals surface area (Å²) in [4.78, 5) is 0. The van der Waals surface area contributed by atoms with Crippen LogP contribution < -0.4 is 10.6 Å². The first-order valence-corrected chi connectivity index (χ1v) is 10.1. The summed E-state index contributed by atoms with van der Waals surface area (Å²) in [5, 5.41) is 24.3. The van der Waals surface area contributed by atoms with Crippen LogP contribution in [0.3, 0.4) is 0 Å². The normalized spacial score (nSPS) is 12.9. The second-order valence-electron chi connectivity index (χ2n) is 6.85. The summed E-state index contributed by atoms with van der Waals surface area (Å²) >= 11 is 1.44. The van der Waals surface area contributed by atoms with Gasteiger partial charge in [-0.2, -0.15) is 18.3 Å². The molecule has 0 saturated heterocycles. The Bertz CT molecular complexity index is 1120. The zero-order valence-corrected chi connectivity index (χ0v) is 16.8. The van der Waals surface area contributed by atoms with Crippen LogP contribution in [0.4, 0.5) is 18.3 Å². The number of nitrogens with zero attached hydrogens (tertiary/aromatic N) is 3. The van der Waals surface area contributed by atoms with Gasteiger partial charge in [-0.15, -0.1) is 10.2 Å². The van der Waals surface area contributed by atoms with E-state index in [0.29, 0.717) is 18.1 Å². The summed E-state index contributed by atoms with van der Waals surface area (Å²) < 4.78 is 38.1. The molecule has 6 nitrogen and oxygen atoms in total. The van der Waals surface area contributed by atoms with E-state index < -0.39 is 11.7 Å². The molecule has 2 aromatic carbocycles. The van der Waals surface area contributed by atoms with Gasteiger partial charge in [0.15, 0.2) is 0 Å². The van der Waals surface area contributed by atoms with Crippen molar-refractivity contribution in [3.05, 3.63) is 59.8 Å². The van der Waals surface area contributed by atoms with E-state index in [1.54, 1.807) is 6.20 Å². The highest BCUT2D eigenvalue weighted by Crippen LogP contribution is 2.30. The lowest BCUT2D eigenvalue weighted by molar-refractivity contribution is -0.137. The highest BCUT2D eigenvalue weighted by atomic mass is 32.1. The van der Waals surface area contributed by atoms with Crippen LogP contribution in [-0.4, -0.2) is 40.0 Å². The molecule has 0 unspecified atom stereocenters. The molecule has 10 heteroatoms. The molecular formula is C20H19F3N6S. The monoisotopic (exact) mass is 432 g/mol. The van der Waals surface area contributed by atoms with Crippen LogP contribution in [0.2, 0.25) is 0 Å². The minimum atomic E-state index is -4.32. The van der Waals surface area contributed by atoms with Gasteiger partial charge in [0.1, 0.15) is 5.01 Å². The number of alkyl halides is 3. The highest BCUT2D eigenvalue weighted by Gasteiger charge is 2.30. The number of aromatic amines is 1. The number of fused-ring (bicyclic) bond motifs is 1. The maximum Gasteiger partial charge on any atom is 0.416 e. The molecule has 0 saturated carbocycles.